The van der Waals surface area contributed by atoms with Crippen LogP contribution in [-0.2, 0) is 0 Å². The van der Waals surface area contributed by atoms with Crippen LogP contribution in [0.2, 0.25) is 0 Å². The average Bonchev–Trinajstić information content (AvgIpc) is 1.61. The van der Waals surface area contributed by atoms with Gasteiger partial charge in [-0.2, -0.15) is 0 Å². The maximum absolute atomic E-state index is 5.05. The molecular formula is C4H10N2. The molecule has 3 N–H and O–H groups in total. The van der Waals surface area contributed by atoms with Crippen molar-refractivity contribution in [2.24, 2.45) is 5.73 Å². The van der Waals surface area contributed by atoms with Crippen LogP contribution in [0.1, 0.15) is 6.92 Å². The van der Waals surface area contributed by atoms with Gasteiger partial charge in [-0.1, -0.05) is 6.08 Å². The molecule has 0 atom stereocenters. The Morgan fingerprint density at radius 2 is 2.50 bits per heavy atom. The van der Waals surface area contributed by atoms with E-state index in [0.29, 0.717) is 6.67 Å². The van der Waals surface area contributed by atoms with E-state index in [2.05, 4.69) is 5.32 Å². The first-order valence-corrected chi connectivity index (χ1v) is 1.96. The van der Waals surface area contributed by atoms with Crippen LogP contribution in [0.5, 0.6) is 0 Å². The van der Waals surface area contributed by atoms with E-state index in [-0.39, 0.29) is 0 Å². The first-order valence-electron chi connectivity index (χ1n) is 1.96. The van der Waals surface area contributed by atoms with Gasteiger partial charge in [0.1, 0.15) is 0 Å². The van der Waals surface area contributed by atoms with E-state index in [1.165, 1.54) is 0 Å². The van der Waals surface area contributed by atoms with Gasteiger partial charge in [-0.3, -0.25) is 0 Å². The predicted molar refractivity (Wildman–Crippen MR) is 27.0 cm³/mol. The molecule has 0 saturated heterocycles. The van der Waals surface area contributed by atoms with Crippen LogP contribution in [0.25, 0.3) is 0 Å². The Bertz CT molecular complexity index is 40.8. The van der Waals surface area contributed by atoms with Gasteiger partial charge in [0.25, 0.3) is 0 Å². The van der Waals surface area contributed by atoms with Crippen molar-refractivity contribution in [3.63, 3.8) is 0 Å². The van der Waals surface area contributed by atoms with E-state index < -0.39 is 0 Å². The van der Waals surface area contributed by atoms with Gasteiger partial charge < -0.3 is 11.1 Å². The molecule has 2 nitrogen and oxygen atoms in total. The number of allylic oxidation sites excluding steroid dienone is 1. The van der Waals surface area contributed by atoms with Gasteiger partial charge in [0.05, 0.1) is 6.67 Å². The summed E-state index contributed by atoms with van der Waals surface area (Å²) in [7, 11) is 0. The van der Waals surface area contributed by atoms with E-state index >= 15 is 0 Å². The fraction of sp³-hybridized carbons (Fsp3) is 0.500. The number of hydrogen-bond donors (Lipinski definition) is 2. The lowest BCUT2D eigenvalue weighted by molar-refractivity contribution is 0.882. The summed E-state index contributed by atoms with van der Waals surface area (Å²) in [5, 5.41) is 2.80. The Balaban J connectivity index is 2.66. The topological polar surface area (TPSA) is 38.0 Å². The highest BCUT2D eigenvalue weighted by molar-refractivity contribution is 4.71. The predicted octanol–water partition coefficient (Wildman–Crippen LogP) is 0.0258. The number of hydrogen-bond acceptors (Lipinski definition) is 2. The second-order valence-electron chi connectivity index (χ2n) is 0.908. The Morgan fingerprint density at radius 1 is 1.83 bits per heavy atom. The standard InChI is InChI=1S/C4H10N2/c1-2-3-6-4-5/h2-3,6H,4-5H2,1H3/b3-2-. The molecule has 0 heterocycles. The molecule has 0 aromatic rings. The largest absolute Gasteiger partial charge is 0.379 e. The molecular weight excluding hydrogens is 76.1 g/mol. The Morgan fingerprint density at radius 3 is 2.67 bits per heavy atom. The van der Waals surface area contributed by atoms with Gasteiger partial charge in [0, 0.05) is 0 Å². The van der Waals surface area contributed by atoms with Gasteiger partial charge in [-0.05, 0) is 13.1 Å². The minimum atomic E-state index is 0.518. The Labute approximate surface area is 38.0 Å². The molecule has 0 bridgehead atoms. The SMILES string of the molecule is C/C=C\NCN. The molecule has 0 aliphatic rings. The van der Waals surface area contributed by atoms with E-state index in [1.54, 1.807) is 6.20 Å². The normalized spacial score (nSPS) is 9.67. The lowest BCUT2D eigenvalue weighted by Crippen LogP contribution is -2.15. The highest BCUT2D eigenvalue weighted by Gasteiger charge is 1.57. The zero-order valence-electron chi connectivity index (χ0n) is 3.94. The maximum atomic E-state index is 5.05. The molecule has 0 radical (unpaired) electrons. The molecule has 0 spiro atoms. The van der Waals surface area contributed by atoms with Crippen molar-refractivity contribution >= 4 is 0 Å². The molecule has 36 valence electrons. The fourth-order valence-corrected chi connectivity index (χ4v) is 0.186. The fourth-order valence-electron chi connectivity index (χ4n) is 0.186. The monoisotopic (exact) mass is 86.1 g/mol. The van der Waals surface area contributed by atoms with Crippen LogP contribution in [0.15, 0.2) is 12.3 Å². The van der Waals surface area contributed by atoms with Gasteiger partial charge in [0.2, 0.25) is 0 Å². The molecule has 0 aliphatic carbocycles. The van der Waals surface area contributed by atoms with Crippen molar-refractivity contribution in [2.75, 3.05) is 6.67 Å². The molecule has 0 saturated carbocycles. The molecule has 0 fully saturated rings. The van der Waals surface area contributed by atoms with Crippen LogP contribution in [0, 0.1) is 0 Å². The third-order valence-electron chi connectivity index (χ3n) is 0.402. The third-order valence-corrected chi connectivity index (χ3v) is 0.402. The Hall–Kier alpha value is -0.500. The highest BCUT2D eigenvalue weighted by Crippen LogP contribution is 1.55. The summed E-state index contributed by atoms with van der Waals surface area (Å²) in [5.41, 5.74) is 5.05. The lowest BCUT2D eigenvalue weighted by atomic mass is 10.7. The van der Waals surface area contributed by atoms with Crippen LogP contribution in [0.3, 0.4) is 0 Å². The second-order valence-corrected chi connectivity index (χ2v) is 0.908. The molecule has 0 aromatic heterocycles. The van der Waals surface area contributed by atoms with Gasteiger partial charge >= 0.3 is 0 Å². The summed E-state index contributed by atoms with van der Waals surface area (Å²) in [6.07, 6.45) is 3.70. The Kier molecular flexibility index (Phi) is 4.12. The van der Waals surface area contributed by atoms with E-state index in [1.807, 2.05) is 13.0 Å². The third kappa shape index (κ3) is 3.50. The number of rotatable bonds is 2. The minimum absolute atomic E-state index is 0.518. The molecule has 0 unspecified atom stereocenters. The first-order chi connectivity index (χ1) is 2.91. The summed E-state index contributed by atoms with van der Waals surface area (Å²) < 4.78 is 0. The van der Waals surface area contributed by atoms with Gasteiger partial charge in [-0.15, -0.1) is 0 Å². The maximum Gasteiger partial charge on any atom is 0.0622 e. The van der Waals surface area contributed by atoms with Gasteiger partial charge in [0.15, 0.2) is 0 Å². The summed E-state index contributed by atoms with van der Waals surface area (Å²) in [4.78, 5) is 0. The summed E-state index contributed by atoms with van der Waals surface area (Å²) in [5.74, 6) is 0. The number of nitrogens with two attached hydrogens (primary N) is 1. The lowest BCUT2D eigenvalue weighted by Gasteiger charge is -1.86. The molecule has 0 aromatic carbocycles. The number of nitrogens with one attached hydrogen (secondary N) is 1. The van der Waals surface area contributed by atoms with Crippen LogP contribution in [-0.4, -0.2) is 6.67 Å². The smallest absolute Gasteiger partial charge is 0.0622 e. The average molecular weight is 86.1 g/mol. The zero-order chi connectivity index (χ0) is 4.83. The molecule has 0 amide bonds. The molecule has 6 heavy (non-hydrogen) atoms. The van der Waals surface area contributed by atoms with Crippen molar-refractivity contribution in [1.82, 2.24) is 5.32 Å². The van der Waals surface area contributed by atoms with Crippen LogP contribution in [0.4, 0.5) is 0 Å². The van der Waals surface area contributed by atoms with Crippen molar-refractivity contribution < 1.29 is 0 Å². The second kappa shape index (κ2) is 4.50. The van der Waals surface area contributed by atoms with Gasteiger partial charge in [-0.25, -0.2) is 0 Å². The van der Waals surface area contributed by atoms with Crippen molar-refractivity contribution in [2.45, 2.75) is 6.92 Å². The molecule has 0 rings (SSSR count). The first kappa shape index (κ1) is 5.50. The zero-order valence-corrected chi connectivity index (χ0v) is 3.94. The van der Waals surface area contributed by atoms with Crippen molar-refractivity contribution in [3.8, 4) is 0 Å². The molecule has 2 heteroatoms. The van der Waals surface area contributed by atoms with E-state index in [9.17, 15) is 0 Å². The van der Waals surface area contributed by atoms with Crippen molar-refractivity contribution in [1.29, 1.82) is 0 Å². The van der Waals surface area contributed by atoms with Crippen molar-refractivity contribution in [3.05, 3.63) is 12.3 Å². The van der Waals surface area contributed by atoms with Crippen LogP contribution >= 0.6 is 0 Å². The highest BCUT2D eigenvalue weighted by atomic mass is 14.9. The quantitative estimate of drug-likeness (QED) is 0.465. The summed E-state index contributed by atoms with van der Waals surface area (Å²) in [6, 6.07) is 0. The van der Waals surface area contributed by atoms with Crippen LogP contribution < -0.4 is 11.1 Å². The molecule has 0 aliphatic heterocycles. The minimum Gasteiger partial charge on any atom is -0.379 e. The van der Waals surface area contributed by atoms with E-state index in [0.717, 1.165) is 0 Å². The van der Waals surface area contributed by atoms with E-state index in [4.69, 9.17) is 5.73 Å². The summed E-state index contributed by atoms with van der Waals surface area (Å²) >= 11 is 0. The summed E-state index contributed by atoms with van der Waals surface area (Å²) in [6.45, 7) is 2.45.